The van der Waals surface area contributed by atoms with Gasteiger partial charge in [0.05, 0.1) is 0 Å². The maximum Gasteiger partial charge on any atom is 0.238 e. The third kappa shape index (κ3) is 2.54. The van der Waals surface area contributed by atoms with Gasteiger partial charge in [-0.25, -0.2) is 0 Å². The Labute approximate surface area is 130 Å². The maximum absolute atomic E-state index is 12.6. The van der Waals surface area contributed by atoms with Crippen LogP contribution in [0.25, 0.3) is 0 Å². The number of hydrogen-bond donors (Lipinski definition) is 0. The van der Waals surface area contributed by atoms with Crippen molar-refractivity contribution in [1.82, 2.24) is 0 Å². The van der Waals surface area contributed by atoms with Crippen LogP contribution in [0.4, 0.5) is 5.69 Å². The van der Waals surface area contributed by atoms with E-state index in [9.17, 15) is 9.59 Å². The summed E-state index contributed by atoms with van der Waals surface area (Å²) in [6.07, 6.45) is 0.583. The molecule has 1 aliphatic rings. The average molecular weight is 293 g/mol. The first-order chi connectivity index (χ1) is 10.6. The van der Waals surface area contributed by atoms with Gasteiger partial charge in [-0.2, -0.15) is 0 Å². The van der Waals surface area contributed by atoms with E-state index >= 15 is 0 Å². The lowest BCUT2D eigenvalue weighted by Crippen LogP contribution is -2.30. The van der Waals surface area contributed by atoms with Crippen LogP contribution >= 0.6 is 0 Å². The molecule has 0 bridgehead atoms. The number of amides is 1. The minimum Gasteiger partial charge on any atom is -0.312 e. The normalized spacial score (nSPS) is 17.8. The van der Waals surface area contributed by atoms with Gasteiger partial charge in [0.15, 0.2) is 5.78 Å². The molecule has 3 rings (SSSR count). The molecule has 1 atom stereocenters. The number of nitrogens with zero attached hydrogens (tertiary/aromatic N) is 1. The molecular formula is C19H19NO2. The van der Waals surface area contributed by atoms with Gasteiger partial charge in [0.2, 0.25) is 5.91 Å². The van der Waals surface area contributed by atoms with Crippen LogP contribution in [0.2, 0.25) is 0 Å². The van der Waals surface area contributed by atoms with E-state index in [2.05, 4.69) is 0 Å². The minimum absolute atomic E-state index is 0.0723. The fourth-order valence-corrected chi connectivity index (χ4v) is 2.88. The zero-order chi connectivity index (χ0) is 15.7. The Morgan fingerprint density at radius 1 is 1.05 bits per heavy atom. The molecular weight excluding hydrogens is 274 g/mol. The van der Waals surface area contributed by atoms with Crippen molar-refractivity contribution >= 4 is 17.4 Å². The summed E-state index contributed by atoms with van der Waals surface area (Å²) in [5.41, 5.74) is 3.86. The molecule has 0 spiro atoms. The Hall–Kier alpha value is -2.42. The number of ketones is 1. The number of carbonyl (C=O) groups excluding carboxylic acids is 2. The van der Waals surface area contributed by atoms with Gasteiger partial charge in [-0.3, -0.25) is 9.59 Å². The maximum atomic E-state index is 12.6. The highest BCUT2D eigenvalue weighted by Crippen LogP contribution is 2.28. The van der Waals surface area contributed by atoms with E-state index in [-0.39, 0.29) is 11.7 Å². The van der Waals surface area contributed by atoms with Crippen LogP contribution in [0, 0.1) is 19.8 Å². The highest BCUT2D eigenvalue weighted by molar-refractivity contribution is 6.15. The Bertz CT molecular complexity index is 721. The number of aryl methyl sites for hydroxylation is 2. The van der Waals surface area contributed by atoms with Crippen LogP contribution in [-0.2, 0) is 4.79 Å². The third-order valence-corrected chi connectivity index (χ3v) is 4.38. The lowest BCUT2D eigenvalue weighted by atomic mass is 9.96. The monoisotopic (exact) mass is 293 g/mol. The van der Waals surface area contributed by atoms with E-state index in [0.717, 1.165) is 11.3 Å². The van der Waals surface area contributed by atoms with Crippen molar-refractivity contribution in [3.05, 3.63) is 65.2 Å². The van der Waals surface area contributed by atoms with Gasteiger partial charge in [0.1, 0.15) is 5.92 Å². The van der Waals surface area contributed by atoms with Crippen LogP contribution in [0.5, 0.6) is 0 Å². The highest BCUT2D eigenvalue weighted by atomic mass is 16.2. The second-order valence-corrected chi connectivity index (χ2v) is 5.83. The molecule has 1 amide bonds. The molecule has 3 nitrogen and oxygen atoms in total. The first-order valence-corrected chi connectivity index (χ1v) is 7.56. The largest absolute Gasteiger partial charge is 0.312 e. The number of carbonyl (C=O) groups is 2. The summed E-state index contributed by atoms with van der Waals surface area (Å²) in [7, 11) is 0. The van der Waals surface area contributed by atoms with E-state index in [1.807, 2.05) is 50.2 Å². The smallest absolute Gasteiger partial charge is 0.238 e. The summed E-state index contributed by atoms with van der Waals surface area (Å²) in [6.45, 7) is 4.68. The molecule has 1 unspecified atom stereocenters. The Morgan fingerprint density at radius 3 is 2.45 bits per heavy atom. The fraction of sp³-hybridized carbons (Fsp3) is 0.263. The summed E-state index contributed by atoms with van der Waals surface area (Å²) < 4.78 is 0. The second-order valence-electron chi connectivity index (χ2n) is 5.83. The molecule has 0 N–H and O–H groups in total. The molecule has 22 heavy (non-hydrogen) atoms. The molecule has 0 saturated carbocycles. The molecule has 1 heterocycles. The molecule has 2 aromatic rings. The number of rotatable bonds is 3. The van der Waals surface area contributed by atoms with Crippen molar-refractivity contribution in [2.24, 2.45) is 5.92 Å². The van der Waals surface area contributed by atoms with Gasteiger partial charge < -0.3 is 4.90 Å². The Balaban J connectivity index is 1.83. The van der Waals surface area contributed by atoms with Gasteiger partial charge in [0, 0.05) is 17.8 Å². The second kappa shape index (κ2) is 5.76. The number of benzene rings is 2. The van der Waals surface area contributed by atoms with Gasteiger partial charge in [-0.05, 0) is 43.5 Å². The van der Waals surface area contributed by atoms with Gasteiger partial charge in [0.25, 0.3) is 0 Å². The standard InChI is InChI=1S/C19H19NO2/c1-13-8-9-16(12-14(13)2)20-11-10-17(19(20)22)18(21)15-6-4-3-5-7-15/h3-9,12,17H,10-11H2,1-2H3. The zero-order valence-electron chi connectivity index (χ0n) is 12.9. The molecule has 0 aliphatic carbocycles. The topological polar surface area (TPSA) is 37.4 Å². The molecule has 0 aromatic heterocycles. The molecule has 1 saturated heterocycles. The van der Waals surface area contributed by atoms with Crippen molar-refractivity contribution in [2.45, 2.75) is 20.3 Å². The first-order valence-electron chi connectivity index (χ1n) is 7.56. The molecule has 1 aliphatic heterocycles. The van der Waals surface area contributed by atoms with Crippen LogP contribution in [0.1, 0.15) is 27.9 Å². The summed E-state index contributed by atoms with van der Waals surface area (Å²) >= 11 is 0. The summed E-state index contributed by atoms with van der Waals surface area (Å²) in [4.78, 5) is 26.9. The summed E-state index contributed by atoms with van der Waals surface area (Å²) in [6, 6.07) is 15.1. The van der Waals surface area contributed by atoms with E-state index < -0.39 is 5.92 Å². The van der Waals surface area contributed by atoms with Crippen LogP contribution in [-0.4, -0.2) is 18.2 Å². The average Bonchev–Trinajstić information content (AvgIpc) is 2.92. The minimum atomic E-state index is -0.552. The summed E-state index contributed by atoms with van der Waals surface area (Å²) in [5, 5.41) is 0. The van der Waals surface area contributed by atoms with E-state index in [4.69, 9.17) is 0 Å². The third-order valence-electron chi connectivity index (χ3n) is 4.38. The molecule has 112 valence electrons. The van der Waals surface area contributed by atoms with Gasteiger partial charge >= 0.3 is 0 Å². The van der Waals surface area contributed by atoms with Crippen molar-refractivity contribution < 1.29 is 9.59 Å². The van der Waals surface area contributed by atoms with Crippen molar-refractivity contribution in [3.63, 3.8) is 0 Å². The quantitative estimate of drug-likeness (QED) is 0.641. The molecule has 0 radical (unpaired) electrons. The molecule has 3 heteroatoms. The predicted molar refractivity (Wildman–Crippen MR) is 87.1 cm³/mol. The van der Waals surface area contributed by atoms with Crippen LogP contribution in [0.15, 0.2) is 48.5 Å². The lowest BCUT2D eigenvalue weighted by Gasteiger charge is -2.18. The van der Waals surface area contributed by atoms with Gasteiger partial charge in [-0.15, -0.1) is 0 Å². The Kier molecular flexibility index (Phi) is 3.80. The predicted octanol–water partition coefficient (Wildman–Crippen LogP) is 3.54. The summed E-state index contributed by atoms with van der Waals surface area (Å²) in [5.74, 6) is -0.710. The zero-order valence-corrected chi connectivity index (χ0v) is 12.9. The van der Waals surface area contributed by atoms with Crippen LogP contribution < -0.4 is 4.90 Å². The fourth-order valence-electron chi connectivity index (χ4n) is 2.88. The molecule has 2 aromatic carbocycles. The van der Waals surface area contributed by atoms with E-state index in [1.165, 1.54) is 5.56 Å². The lowest BCUT2D eigenvalue weighted by molar-refractivity contribution is -0.119. The van der Waals surface area contributed by atoms with E-state index in [1.54, 1.807) is 17.0 Å². The van der Waals surface area contributed by atoms with E-state index in [0.29, 0.717) is 18.5 Å². The number of anilines is 1. The van der Waals surface area contributed by atoms with Gasteiger partial charge in [-0.1, -0.05) is 36.4 Å². The van der Waals surface area contributed by atoms with Crippen LogP contribution in [0.3, 0.4) is 0 Å². The SMILES string of the molecule is Cc1ccc(N2CCC(C(=O)c3ccccc3)C2=O)cc1C. The van der Waals surface area contributed by atoms with Crippen molar-refractivity contribution in [3.8, 4) is 0 Å². The number of Topliss-reactive ketones (excluding diaryl/α,β-unsaturated/α-hetero) is 1. The first kappa shape index (κ1) is 14.5. The highest BCUT2D eigenvalue weighted by Gasteiger charge is 2.37. The van der Waals surface area contributed by atoms with Crippen molar-refractivity contribution in [1.29, 1.82) is 0 Å². The molecule has 1 fully saturated rings. The van der Waals surface area contributed by atoms with Crippen molar-refractivity contribution in [2.75, 3.05) is 11.4 Å². The number of hydrogen-bond acceptors (Lipinski definition) is 2. The Morgan fingerprint density at radius 2 is 1.77 bits per heavy atom.